The van der Waals surface area contributed by atoms with Crippen molar-refractivity contribution < 1.29 is 9.47 Å². The molecular formula is C16H25NO2. The Hall–Kier alpha value is -0.960. The van der Waals surface area contributed by atoms with Gasteiger partial charge in [0, 0.05) is 0 Å². The van der Waals surface area contributed by atoms with E-state index in [4.69, 9.17) is 9.47 Å². The monoisotopic (exact) mass is 263 g/mol. The first kappa shape index (κ1) is 13.0. The van der Waals surface area contributed by atoms with Crippen molar-refractivity contribution >= 4 is 0 Å². The van der Waals surface area contributed by atoms with E-state index in [1.54, 1.807) is 0 Å². The van der Waals surface area contributed by atoms with Crippen LogP contribution in [-0.4, -0.2) is 37.7 Å². The van der Waals surface area contributed by atoms with E-state index in [9.17, 15) is 0 Å². The van der Waals surface area contributed by atoms with Crippen LogP contribution in [0.15, 0.2) is 23.7 Å². The van der Waals surface area contributed by atoms with Crippen molar-refractivity contribution in [2.75, 3.05) is 32.8 Å². The number of hydrogen-bond donors (Lipinski definition) is 0. The largest absolute Gasteiger partial charge is 0.486 e. The van der Waals surface area contributed by atoms with Crippen molar-refractivity contribution in [2.45, 2.75) is 39.0 Å². The van der Waals surface area contributed by atoms with Gasteiger partial charge in [0.25, 0.3) is 0 Å². The fourth-order valence-electron chi connectivity index (χ4n) is 3.31. The minimum Gasteiger partial charge on any atom is -0.486 e. The van der Waals surface area contributed by atoms with Crippen LogP contribution in [0.25, 0.3) is 0 Å². The molecule has 0 aromatic carbocycles. The van der Waals surface area contributed by atoms with Gasteiger partial charge in [0.05, 0.1) is 0 Å². The number of rotatable bonds is 4. The average molecular weight is 263 g/mol. The zero-order valence-corrected chi connectivity index (χ0v) is 12.0. The van der Waals surface area contributed by atoms with Crippen LogP contribution in [0.1, 0.15) is 39.0 Å². The van der Waals surface area contributed by atoms with Crippen molar-refractivity contribution in [2.24, 2.45) is 5.41 Å². The van der Waals surface area contributed by atoms with Gasteiger partial charge < -0.3 is 14.4 Å². The molecule has 2 heterocycles. The molecule has 0 radical (unpaired) electrons. The van der Waals surface area contributed by atoms with Gasteiger partial charge in [-0.3, -0.25) is 0 Å². The summed E-state index contributed by atoms with van der Waals surface area (Å²) in [5, 5.41) is 0. The van der Waals surface area contributed by atoms with Gasteiger partial charge in [0.15, 0.2) is 11.5 Å². The lowest BCUT2D eigenvalue weighted by molar-refractivity contribution is 0.0523. The van der Waals surface area contributed by atoms with E-state index in [2.05, 4.69) is 24.0 Å². The molecule has 0 bridgehead atoms. The molecular weight excluding hydrogens is 238 g/mol. The van der Waals surface area contributed by atoms with Crippen LogP contribution >= 0.6 is 0 Å². The number of ether oxygens (including phenoxy) is 2. The van der Waals surface area contributed by atoms with Gasteiger partial charge in [-0.15, -0.1) is 0 Å². The summed E-state index contributed by atoms with van der Waals surface area (Å²) >= 11 is 0. The molecule has 3 rings (SSSR count). The summed E-state index contributed by atoms with van der Waals surface area (Å²) in [6.45, 7) is 7.58. The molecule has 3 heteroatoms. The van der Waals surface area contributed by atoms with Gasteiger partial charge in [-0.2, -0.15) is 0 Å². The topological polar surface area (TPSA) is 21.7 Å². The molecule has 1 aliphatic carbocycles. The third-order valence-corrected chi connectivity index (χ3v) is 4.50. The lowest BCUT2D eigenvalue weighted by Crippen LogP contribution is -2.25. The maximum Gasteiger partial charge on any atom is 0.157 e. The van der Waals surface area contributed by atoms with Gasteiger partial charge in [-0.25, -0.2) is 0 Å². The van der Waals surface area contributed by atoms with Crippen LogP contribution in [0, 0.1) is 5.41 Å². The molecule has 0 aromatic heterocycles. The van der Waals surface area contributed by atoms with E-state index in [1.165, 1.54) is 45.3 Å². The first-order valence-electron chi connectivity index (χ1n) is 7.67. The lowest BCUT2D eigenvalue weighted by Gasteiger charge is -2.33. The number of hydrogen-bond acceptors (Lipinski definition) is 3. The van der Waals surface area contributed by atoms with E-state index < -0.39 is 0 Å². The summed E-state index contributed by atoms with van der Waals surface area (Å²) in [6, 6.07) is 0. The molecule has 1 unspecified atom stereocenters. The maximum atomic E-state index is 5.71. The van der Waals surface area contributed by atoms with Crippen LogP contribution in [0.4, 0.5) is 0 Å². The smallest absolute Gasteiger partial charge is 0.157 e. The number of likely N-dealkylation sites (tertiary alicyclic amines) is 1. The second-order valence-electron chi connectivity index (χ2n) is 6.28. The third kappa shape index (κ3) is 3.14. The molecule has 0 amide bonds. The Morgan fingerprint density at radius 1 is 1.16 bits per heavy atom. The minimum absolute atomic E-state index is 0.249. The Morgan fingerprint density at radius 3 is 2.68 bits per heavy atom. The van der Waals surface area contributed by atoms with Crippen LogP contribution < -0.4 is 0 Å². The Bertz CT molecular complexity index is 382. The molecule has 0 saturated carbocycles. The predicted molar refractivity (Wildman–Crippen MR) is 75.7 cm³/mol. The van der Waals surface area contributed by atoms with E-state index >= 15 is 0 Å². The third-order valence-electron chi connectivity index (χ3n) is 4.50. The summed E-state index contributed by atoms with van der Waals surface area (Å²) in [5.74, 6) is 1.93. The average Bonchev–Trinajstić information content (AvgIpc) is 2.91. The fraction of sp³-hybridized carbons (Fsp3) is 0.750. The first-order valence-corrected chi connectivity index (χ1v) is 7.67. The standard InChI is InChI=1S/C16H25NO2/c1-16(6-4-10-17-8-2-3-9-17)7-5-14-15(13-16)19-12-11-18-14/h5,13H,2-4,6-12H2,1H3. The Balaban J connectivity index is 1.52. The predicted octanol–water partition coefficient (Wildman–Crippen LogP) is 3.09. The van der Waals surface area contributed by atoms with Crippen LogP contribution in [-0.2, 0) is 9.47 Å². The second-order valence-corrected chi connectivity index (χ2v) is 6.28. The van der Waals surface area contributed by atoms with Crippen LogP contribution in [0.5, 0.6) is 0 Å². The molecule has 2 saturated heterocycles. The second kappa shape index (κ2) is 5.58. The highest BCUT2D eigenvalue weighted by Crippen LogP contribution is 2.38. The summed E-state index contributed by atoms with van der Waals surface area (Å²) in [4.78, 5) is 2.60. The molecule has 19 heavy (non-hydrogen) atoms. The Kier molecular flexibility index (Phi) is 3.83. The Labute approximate surface area is 116 Å². The normalized spacial score (nSPS) is 31.0. The molecule has 106 valence electrons. The molecule has 3 aliphatic rings. The maximum absolute atomic E-state index is 5.71. The van der Waals surface area contributed by atoms with Gasteiger partial charge in [-0.1, -0.05) is 6.92 Å². The fourth-order valence-corrected chi connectivity index (χ4v) is 3.31. The van der Waals surface area contributed by atoms with Crippen molar-refractivity contribution in [3.63, 3.8) is 0 Å². The van der Waals surface area contributed by atoms with E-state index in [1.807, 2.05) is 0 Å². The van der Waals surface area contributed by atoms with Gasteiger partial charge in [0.1, 0.15) is 13.2 Å². The number of nitrogens with zero attached hydrogens (tertiary/aromatic N) is 1. The molecule has 0 aromatic rings. The summed E-state index contributed by atoms with van der Waals surface area (Å²) < 4.78 is 11.3. The highest BCUT2D eigenvalue weighted by Gasteiger charge is 2.29. The quantitative estimate of drug-likeness (QED) is 0.778. The number of allylic oxidation sites excluding steroid dienone is 2. The molecule has 1 atom stereocenters. The highest BCUT2D eigenvalue weighted by molar-refractivity contribution is 5.28. The van der Waals surface area contributed by atoms with Crippen molar-refractivity contribution in [1.82, 2.24) is 4.90 Å². The van der Waals surface area contributed by atoms with Crippen molar-refractivity contribution in [3.8, 4) is 0 Å². The molecule has 0 N–H and O–H groups in total. The number of fused-ring (bicyclic) bond motifs is 1. The highest BCUT2D eigenvalue weighted by atomic mass is 16.6. The van der Waals surface area contributed by atoms with Crippen molar-refractivity contribution in [1.29, 1.82) is 0 Å². The minimum atomic E-state index is 0.249. The zero-order chi connectivity index (χ0) is 13.1. The summed E-state index contributed by atoms with van der Waals surface area (Å²) in [6.07, 6.45) is 10.9. The van der Waals surface area contributed by atoms with Crippen molar-refractivity contribution in [3.05, 3.63) is 23.7 Å². The summed E-state index contributed by atoms with van der Waals surface area (Å²) in [5.41, 5.74) is 0.249. The van der Waals surface area contributed by atoms with E-state index in [0.29, 0.717) is 13.2 Å². The first-order chi connectivity index (χ1) is 9.25. The molecule has 2 aliphatic heterocycles. The van der Waals surface area contributed by atoms with Crippen LogP contribution in [0.2, 0.25) is 0 Å². The van der Waals surface area contributed by atoms with E-state index in [-0.39, 0.29) is 5.41 Å². The van der Waals surface area contributed by atoms with Gasteiger partial charge in [-0.05, 0) is 69.3 Å². The summed E-state index contributed by atoms with van der Waals surface area (Å²) in [7, 11) is 0. The molecule has 0 spiro atoms. The SMILES string of the molecule is CC1(CCCN2CCCC2)C=C2OCCOC2=CC1. The van der Waals surface area contributed by atoms with E-state index in [0.717, 1.165) is 17.9 Å². The zero-order valence-electron chi connectivity index (χ0n) is 12.0. The molecule has 2 fully saturated rings. The van der Waals surface area contributed by atoms with Gasteiger partial charge in [0.2, 0.25) is 0 Å². The Morgan fingerprint density at radius 2 is 1.89 bits per heavy atom. The lowest BCUT2D eigenvalue weighted by atomic mass is 9.78. The van der Waals surface area contributed by atoms with Crippen LogP contribution in [0.3, 0.4) is 0 Å². The van der Waals surface area contributed by atoms with Gasteiger partial charge >= 0.3 is 0 Å². The molecule has 3 nitrogen and oxygen atoms in total.